The normalized spacial score (nSPS) is 24.9. The van der Waals surface area contributed by atoms with Gasteiger partial charge in [0.25, 0.3) is 0 Å². The monoisotopic (exact) mass is 508 g/mol. The third kappa shape index (κ3) is 5.51. The number of nitrogens with one attached hydrogen (secondary N) is 1. The molecule has 2 saturated heterocycles. The van der Waals surface area contributed by atoms with Crippen LogP contribution < -0.4 is 10.2 Å². The van der Waals surface area contributed by atoms with Crippen LogP contribution in [0.3, 0.4) is 0 Å². The standard InChI is InChI=1S/C28H40N6O3/c1-18-7-11-20(12-8-18)32-13-5-6-21(32)15-29-26(36)24-14-22(35)16-33(24)27(37)25(28(2,3)4)34-17-23(30-31-34)19-9-10-19/h7-8,11-12,17,19,21-22,24-25,35H,5-6,9-10,13-16H2,1-4H3,(H,29,36)/t21-,22?,24?,25+/m0/s1. The Balaban J connectivity index is 1.28. The minimum absolute atomic E-state index is 0.145. The molecule has 3 heterocycles. The van der Waals surface area contributed by atoms with Crippen LogP contribution >= 0.6 is 0 Å². The topological polar surface area (TPSA) is 104 Å². The molecule has 9 nitrogen and oxygen atoms in total. The van der Waals surface area contributed by atoms with Gasteiger partial charge >= 0.3 is 0 Å². The number of hydrogen-bond acceptors (Lipinski definition) is 6. The Morgan fingerprint density at radius 1 is 1.16 bits per heavy atom. The van der Waals surface area contributed by atoms with Crippen LogP contribution in [0, 0.1) is 12.3 Å². The fourth-order valence-electron chi connectivity index (χ4n) is 5.79. The molecule has 0 radical (unpaired) electrons. The highest BCUT2D eigenvalue weighted by Gasteiger charge is 2.45. The summed E-state index contributed by atoms with van der Waals surface area (Å²) in [5, 5.41) is 22.2. The van der Waals surface area contributed by atoms with Crippen LogP contribution in [-0.4, -0.2) is 74.6 Å². The molecule has 2 aromatic rings. The molecule has 1 aliphatic carbocycles. The van der Waals surface area contributed by atoms with E-state index < -0.39 is 23.6 Å². The van der Waals surface area contributed by atoms with E-state index in [1.165, 1.54) is 11.3 Å². The zero-order valence-corrected chi connectivity index (χ0v) is 22.4. The second-order valence-corrected chi connectivity index (χ2v) is 12.1. The summed E-state index contributed by atoms with van der Waals surface area (Å²) in [5.74, 6) is 0.0378. The van der Waals surface area contributed by atoms with Gasteiger partial charge in [0.2, 0.25) is 11.8 Å². The maximum absolute atomic E-state index is 13.9. The number of likely N-dealkylation sites (tertiary alicyclic amines) is 1. The molecule has 4 atom stereocenters. The number of aliphatic hydroxyl groups is 1. The van der Waals surface area contributed by atoms with Crippen molar-refractivity contribution in [1.29, 1.82) is 0 Å². The number of benzene rings is 1. The van der Waals surface area contributed by atoms with Crippen molar-refractivity contribution in [2.45, 2.75) is 89.9 Å². The van der Waals surface area contributed by atoms with Gasteiger partial charge in [0.1, 0.15) is 12.1 Å². The molecule has 0 bridgehead atoms. The number of hydrogen-bond donors (Lipinski definition) is 2. The van der Waals surface area contributed by atoms with E-state index in [4.69, 9.17) is 0 Å². The van der Waals surface area contributed by atoms with Gasteiger partial charge in [-0.15, -0.1) is 5.10 Å². The van der Waals surface area contributed by atoms with Crippen LogP contribution in [0.15, 0.2) is 30.5 Å². The van der Waals surface area contributed by atoms with Crippen LogP contribution in [0.25, 0.3) is 0 Å². The van der Waals surface area contributed by atoms with Gasteiger partial charge in [0.15, 0.2) is 0 Å². The number of aryl methyl sites for hydroxylation is 1. The summed E-state index contributed by atoms with van der Waals surface area (Å²) in [6, 6.07) is 7.39. The molecule has 9 heteroatoms. The van der Waals surface area contributed by atoms with Gasteiger partial charge in [-0.2, -0.15) is 0 Å². The average Bonchev–Trinajstić information content (AvgIpc) is 3.22. The van der Waals surface area contributed by atoms with Crippen molar-refractivity contribution in [3.8, 4) is 0 Å². The van der Waals surface area contributed by atoms with Gasteiger partial charge in [0, 0.05) is 49.9 Å². The van der Waals surface area contributed by atoms with Crippen LogP contribution in [0.2, 0.25) is 0 Å². The Kier molecular flexibility index (Phi) is 7.00. The van der Waals surface area contributed by atoms with Crippen molar-refractivity contribution in [2.24, 2.45) is 5.41 Å². The molecule has 2 N–H and O–H groups in total. The summed E-state index contributed by atoms with van der Waals surface area (Å²) in [7, 11) is 0. The number of aliphatic hydroxyl groups excluding tert-OH is 1. The molecule has 3 fully saturated rings. The van der Waals surface area contributed by atoms with E-state index in [0.717, 1.165) is 37.9 Å². The van der Waals surface area contributed by atoms with Crippen LogP contribution in [-0.2, 0) is 9.59 Å². The minimum Gasteiger partial charge on any atom is -0.391 e. The van der Waals surface area contributed by atoms with E-state index in [1.807, 2.05) is 27.0 Å². The summed E-state index contributed by atoms with van der Waals surface area (Å²) in [6.45, 7) is 9.68. The third-order valence-corrected chi connectivity index (χ3v) is 7.96. The number of amides is 2. The number of anilines is 1. The summed E-state index contributed by atoms with van der Waals surface area (Å²) in [4.78, 5) is 31.2. The lowest BCUT2D eigenvalue weighted by molar-refractivity contribution is -0.144. The molecule has 37 heavy (non-hydrogen) atoms. The van der Waals surface area contributed by atoms with Gasteiger partial charge in [-0.1, -0.05) is 43.7 Å². The second-order valence-electron chi connectivity index (χ2n) is 12.1. The number of nitrogens with zero attached hydrogens (tertiary/aromatic N) is 5. The number of carbonyl (C=O) groups is 2. The highest BCUT2D eigenvalue weighted by atomic mass is 16.3. The van der Waals surface area contributed by atoms with Crippen LogP contribution in [0.4, 0.5) is 5.69 Å². The zero-order chi connectivity index (χ0) is 26.3. The van der Waals surface area contributed by atoms with Crippen molar-refractivity contribution in [1.82, 2.24) is 25.2 Å². The quantitative estimate of drug-likeness (QED) is 0.596. The van der Waals surface area contributed by atoms with Gasteiger partial charge < -0.3 is 20.2 Å². The second kappa shape index (κ2) is 10.1. The van der Waals surface area contributed by atoms with Crippen LogP contribution in [0.5, 0.6) is 0 Å². The lowest BCUT2D eigenvalue weighted by Gasteiger charge is -2.35. The van der Waals surface area contributed by atoms with E-state index in [2.05, 4.69) is 51.7 Å². The van der Waals surface area contributed by atoms with Crippen molar-refractivity contribution >= 4 is 17.5 Å². The smallest absolute Gasteiger partial charge is 0.248 e. The van der Waals surface area contributed by atoms with Gasteiger partial charge in [-0.3, -0.25) is 9.59 Å². The van der Waals surface area contributed by atoms with Crippen molar-refractivity contribution in [2.75, 3.05) is 24.5 Å². The zero-order valence-electron chi connectivity index (χ0n) is 22.4. The first-order valence-corrected chi connectivity index (χ1v) is 13.6. The maximum Gasteiger partial charge on any atom is 0.248 e. The van der Waals surface area contributed by atoms with Crippen LogP contribution in [0.1, 0.15) is 76.1 Å². The number of carbonyl (C=O) groups excluding carboxylic acids is 2. The van der Waals surface area contributed by atoms with E-state index in [9.17, 15) is 14.7 Å². The molecule has 2 aliphatic heterocycles. The SMILES string of the molecule is Cc1ccc(N2CCC[C@H]2CNC(=O)C2CC(O)CN2C(=O)[C@@H](n2cc(C3CC3)nn2)C(C)(C)C)cc1. The molecule has 1 saturated carbocycles. The molecular weight excluding hydrogens is 468 g/mol. The Morgan fingerprint density at radius 2 is 1.89 bits per heavy atom. The van der Waals surface area contributed by atoms with Crippen molar-refractivity contribution in [3.05, 3.63) is 41.7 Å². The molecule has 2 unspecified atom stereocenters. The van der Waals surface area contributed by atoms with E-state index >= 15 is 0 Å². The number of β-amino-alcohol motifs (C(OH)–C–C–N with tert-alkyl or cyclic N) is 1. The lowest BCUT2D eigenvalue weighted by Crippen LogP contribution is -2.52. The Hall–Kier alpha value is -2.94. The molecule has 1 aromatic heterocycles. The maximum atomic E-state index is 13.9. The van der Waals surface area contributed by atoms with Gasteiger partial charge in [-0.25, -0.2) is 4.68 Å². The molecule has 2 amide bonds. The summed E-state index contributed by atoms with van der Waals surface area (Å²) >= 11 is 0. The Morgan fingerprint density at radius 3 is 2.57 bits per heavy atom. The van der Waals surface area contributed by atoms with Crippen molar-refractivity contribution in [3.63, 3.8) is 0 Å². The summed E-state index contributed by atoms with van der Waals surface area (Å²) in [6.07, 6.45) is 5.69. The predicted octanol–water partition coefficient (Wildman–Crippen LogP) is 2.80. The molecule has 5 rings (SSSR count). The largest absolute Gasteiger partial charge is 0.391 e. The number of rotatable bonds is 7. The van der Waals surface area contributed by atoms with Gasteiger partial charge in [-0.05, 0) is 50.2 Å². The third-order valence-electron chi connectivity index (χ3n) is 7.96. The minimum atomic E-state index is -0.728. The highest BCUT2D eigenvalue weighted by Crippen LogP contribution is 2.40. The lowest BCUT2D eigenvalue weighted by atomic mass is 9.85. The fraction of sp³-hybridized carbons (Fsp3) is 0.643. The Bertz CT molecular complexity index is 1120. The molecule has 0 spiro atoms. The van der Waals surface area contributed by atoms with E-state index in [0.29, 0.717) is 12.5 Å². The highest BCUT2D eigenvalue weighted by molar-refractivity contribution is 5.90. The molecular formula is C28H40N6O3. The van der Waals surface area contributed by atoms with Gasteiger partial charge in [0.05, 0.1) is 11.8 Å². The fourth-order valence-corrected chi connectivity index (χ4v) is 5.79. The predicted molar refractivity (Wildman–Crippen MR) is 141 cm³/mol. The summed E-state index contributed by atoms with van der Waals surface area (Å²) in [5.41, 5.74) is 2.87. The average molecular weight is 509 g/mol. The Labute approximate surface area is 219 Å². The number of aromatic nitrogens is 3. The first-order valence-electron chi connectivity index (χ1n) is 13.6. The summed E-state index contributed by atoms with van der Waals surface area (Å²) < 4.78 is 1.66. The van der Waals surface area contributed by atoms with Crippen molar-refractivity contribution < 1.29 is 14.7 Å². The molecule has 200 valence electrons. The molecule has 1 aromatic carbocycles. The first kappa shape index (κ1) is 25.7. The van der Waals surface area contributed by atoms with E-state index in [-0.39, 0.29) is 30.8 Å². The van der Waals surface area contributed by atoms with E-state index in [1.54, 1.807) is 9.58 Å². The first-order chi connectivity index (χ1) is 17.6. The molecule has 3 aliphatic rings.